The molecular formula is C10H14FN3O. The largest absolute Gasteiger partial charge is 0.393 e. The Morgan fingerprint density at radius 3 is 2.87 bits per heavy atom. The maximum Gasteiger partial charge on any atom is 0.186 e. The molecule has 1 saturated carbocycles. The molecule has 0 saturated heterocycles. The quantitative estimate of drug-likeness (QED) is 0.786. The van der Waals surface area contributed by atoms with E-state index in [-0.39, 0.29) is 23.8 Å². The molecule has 0 aliphatic heterocycles. The first-order valence-corrected chi connectivity index (χ1v) is 5.14. The van der Waals surface area contributed by atoms with Crippen molar-refractivity contribution >= 4 is 5.82 Å². The lowest BCUT2D eigenvalue weighted by atomic mass is 9.89. The normalized spacial score (nSPS) is 24.7. The standard InChI is InChI=1S/C10H14FN3O/c1-2-8-9(11)10(13-5-12-8)14-6-3-7(15)4-6/h5-7,15H,2-4H2,1H3,(H,12,13,14). The second kappa shape index (κ2) is 4.10. The lowest BCUT2D eigenvalue weighted by Gasteiger charge is -2.32. The summed E-state index contributed by atoms with van der Waals surface area (Å²) >= 11 is 0. The fourth-order valence-electron chi connectivity index (χ4n) is 1.65. The molecule has 5 heteroatoms. The number of hydrogen-bond donors (Lipinski definition) is 2. The van der Waals surface area contributed by atoms with Crippen LogP contribution in [-0.4, -0.2) is 27.2 Å². The molecule has 2 rings (SSSR count). The van der Waals surface area contributed by atoms with Crippen molar-refractivity contribution in [1.29, 1.82) is 0 Å². The van der Waals surface area contributed by atoms with Crippen LogP contribution in [0.5, 0.6) is 0 Å². The summed E-state index contributed by atoms with van der Waals surface area (Å²) in [5.74, 6) is -0.125. The molecule has 0 atom stereocenters. The van der Waals surface area contributed by atoms with Crippen LogP contribution in [0.1, 0.15) is 25.5 Å². The maximum absolute atomic E-state index is 13.6. The Hall–Kier alpha value is -1.23. The molecule has 0 unspecified atom stereocenters. The van der Waals surface area contributed by atoms with E-state index >= 15 is 0 Å². The first-order valence-electron chi connectivity index (χ1n) is 5.14. The average molecular weight is 211 g/mol. The fraction of sp³-hybridized carbons (Fsp3) is 0.600. The lowest BCUT2D eigenvalue weighted by molar-refractivity contribution is 0.0834. The zero-order valence-electron chi connectivity index (χ0n) is 8.57. The summed E-state index contributed by atoms with van der Waals surface area (Å²) in [6.45, 7) is 1.85. The Bertz CT molecular complexity index is 353. The second-order valence-corrected chi connectivity index (χ2v) is 3.80. The summed E-state index contributed by atoms with van der Waals surface area (Å²) in [5, 5.41) is 12.1. The predicted octanol–water partition coefficient (Wildman–Crippen LogP) is 1.11. The molecule has 4 nitrogen and oxygen atoms in total. The topological polar surface area (TPSA) is 58.0 Å². The van der Waals surface area contributed by atoms with Crippen molar-refractivity contribution in [3.63, 3.8) is 0 Å². The molecule has 1 fully saturated rings. The SMILES string of the molecule is CCc1ncnc(NC2CC(O)C2)c1F. The third-order valence-corrected chi connectivity index (χ3v) is 2.65. The van der Waals surface area contributed by atoms with Gasteiger partial charge in [0.05, 0.1) is 11.8 Å². The molecule has 82 valence electrons. The molecule has 0 radical (unpaired) electrons. The minimum absolute atomic E-state index is 0.133. The Morgan fingerprint density at radius 2 is 2.27 bits per heavy atom. The van der Waals surface area contributed by atoms with Gasteiger partial charge in [-0.15, -0.1) is 0 Å². The second-order valence-electron chi connectivity index (χ2n) is 3.80. The first kappa shape index (κ1) is 10.3. The molecule has 15 heavy (non-hydrogen) atoms. The van der Waals surface area contributed by atoms with Crippen molar-refractivity contribution in [2.45, 2.75) is 38.3 Å². The number of nitrogens with zero attached hydrogens (tertiary/aromatic N) is 2. The number of aryl methyl sites for hydroxylation is 1. The molecular weight excluding hydrogens is 197 g/mol. The summed E-state index contributed by atoms with van der Waals surface area (Å²) in [6.07, 6.45) is 2.98. The molecule has 0 aromatic carbocycles. The third kappa shape index (κ3) is 2.07. The zero-order chi connectivity index (χ0) is 10.8. The molecule has 1 heterocycles. The Kier molecular flexibility index (Phi) is 2.81. The van der Waals surface area contributed by atoms with Gasteiger partial charge in [0.2, 0.25) is 0 Å². The van der Waals surface area contributed by atoms with Crippen LogP contribution in [0, 0.1) is 5.82 Å². The van der Waals surface area contributed by atoms with E-state index in [0.29, 0.717) is 25.0 Å². The maximum atomic E-state index is 13.6. The van der Waals surface area contributed by atoms with E-state index < -0.39 is 0 Å². The summed E-state index contributed by atoms with van der Waals surface area (Å²) in [4.78, 5) is 7.70. The van der Waals surface area contributed by atoms with Gasteiger partial charge in [-0.3, -0.25) is 0 Å². The molecule has 1 aliphatic rings. The Balaban J connectivity index is 2.07. The van der Waals surface area contributed by atoms with E-state index in [4.69, 9.17) is 5.11 Å². The van der Waals surface area contributed by atoms with Crippen molar-refractivity contribution in [3.05, 3.63) is 17.8 Å². The summed E-state index contributed by atoms with van der Waals surface area (Å²) in [7, 11) is 0. The van der Waals surface area contributed by atoms with Crippen LogP contribution in [0.3, 0.4) is 0 Å². The fourth-order valence-corrected chi connectivity index (χ4v) is 1.65. The highest BCUT2D eigenvalue weighted by atomic mass is 19.1. The number of anilines is 1. The number of aromatic nitrogens is 2. The molecule has 0 bridgehead atoms. The van der Waals surface area contributed by atoms with Gasteiger partial charge in [0, 0.05) is 6.04 Å². The van der Waals surface area contributed by atoms with Crippen molar-refractivity contribution in [2.75, 3.05) is 5.32 Å². The molecule has 1 aromatic heterocycles. The smallest absolute Gasteiger partial charge is 0.186 e. The lowest BCUT2D eigenvalue weighted by Crippen LogP contribution is -2.39. The van der Waals surface area contributed by atoms with Gasteiger partial charge in [-0.25, -0.2) is 14.4 Å². The Morgan fingerprint density at radius 1 is 1.53 bits per heavy atom. The van der Waals surface area contributed by atoms with Crippen molar-refractivity contribution in [1.82, 2.24) is 9.97 Å². The van der Waals surface area contributed by atoms with Gasteiger partial charge in [-0.2, -0.15) is 0 Å². The van der Waals surface area contributed by atoms with Gasteiger partial charge in [-0.05, 0) is 19.3 Å². The minimum atomic E-state index is -0.374. The third-order valence-electron chi connectivity index (χ3n) is 2.65. The van der Waals surface area contributed by atoms with Gasteiger partial charge < -0.3 is 10.4 Å². The average Bonchev–Trinajstić information content (AvgIpc) is 2.18. The van der Waals surface area contributed by atoms with Gasteiger partial charge in [0.25, 0.3) is 0 Å². The van der Waals surface area contributed by atoms with E-state index in [0.717, 1.165) is 0 Å². The van der Waals surface area contributed by atoms with Crippen LogP contribution >= 0.6 is 0 Å². The van der Waals surface area contributed by atoms with Crippen LogP contribution in [0.4, 0.5) is 10.2 Å². The van der Waals surface area contributed by atoms with Crippen molar-refractivity contribution in [2.24, 2.45) is 0 Å². The summed E-state index contributed by atoms with van der Waals surface area (Å²) in [6, 6.07) is 0.133. The predicted molar refractivity (Wildman–Crippen MR) is 54.0 cm³/mol. The highest BCUT2D eigenvalue weighted by Crippen LogP contribution is 2.24. The molecule has 1 aromatic rings. The number of aliphatic hydroxyl groups excluding tert-OH is 1. The number of nitrogens with one attached hydrogen (secondary N) is 1. The van der Waals surface area contributed by atoms with Crippen LogP contribution in [-0.2, 0) is 6.42 Å². The molecule has 0 amide bonds. The van der Waals surface area contributed by atoms with Gasteiger partial charge in [0.1, 0.15) is 6.33 Å². The zero-order valence-corrected chi connectivity index (χ0v) is 8.57. The number of hydrogen-bond acceptors (Lipinski definition) is 4. The van der Waals surface area contributed by atoms with E-state index in [2.05, 4.69) is 15.3 Å². The number of halogens is 1. The van der Waals surface area contributed by atoms with Crippen LogP contribution in [0.25, 0.3) is 0 Å². The molecule has 2 N–H and O–H groups in total. The van der Waals surface area contributed by atoms with E-state index in [1.165, 1.54) is 6.33 Å². The van der Waals surface area contributed by atoms with Crippen LogP contribution in [0.15, 0.2) is 6.33 Å². The van der Waals surface area contributed by atoms with Crippen LogP contribution < -0.4 is 5.32 Å². The molecule has 0 spiro atoms. The molecule has 1 aliphatic carbocycles. The van der Waals surface area contributed by atoms with Crippen molar-refractivity contribution in [3.8, 4) is 0 Å². The van der Waals surface area contributed by atoms with Gasteiger partial charge >= 0.3 is 0 Å². The van der Waals surface area contributed by atoms with Crippen molar-refractivity contribution < 1.29 is 9.50 Å². The number of aliphatic hydroxyl groups is 1. The van der Waals surface area contributed by atoms with E-state index in [1.54, 1.807) is 0 Å². The van der Waals surface area contributed by atoms with Gasteiger partial charge in [-0.1, -0.05) is 6.92 Å². The first-order chi connectivity index (χ1) is 7.20. The summed E-state index contributed by atoms with van der Waals surface area (Å²) in [5.41, 5.74) is 0.423. The minimum Gasteiger partial charge on any atom is -0.393 e. The van der Waals surface area contributed by atoms with Gasteiger partial charge in [0.15, 0.2) is 11.6 Å². The number of rotatable bonds is 3. The van der Waals surface area contributed by atoms with E-state index in [1.807, 2.05) is 6.92 Å². The summed E-state index contributed by atoms with van der Waals surface area (Å²) < 4.78 is 13.6. The van der Waals surface area contributed by atoms with E-state index in [9.17, 15) is 4.39 Å². The highest BCUT2D eigenvalue weighted by molar-refractivity contribution is 5.39. The highest BCUT2D eigenvalue weighted by Gasteiger charge is 2.28. The monoisotopic (exact) mass is 211 g/mol. The Labute approximate surface area is 87.6 Å². The van der Waals surface area contributed by atoms with Crippen LogP contribution in [0.2, 0.25) is 0 Å².